The van der Waals surface area contributed by atoms with Crippen molar-refractivity contribution in [3.63, 3.8) is 0 Å². The number of carbonyl (C=O) groups excluding carboxylic acids is 1. The highest BCUT2D eigenvalue weighted by Gasteiger charge is 2.69. The van der Waals surface area contributed by atoms with Gasteiger partial charge in [-0.05, 0) is 91.3 Å². The third-order valence-electron chi connectivity index (χ3n) is 11.7. The van der Waals surface area contributed by atoms with Gasteiger partial charge in [-0.2, -0.15) is 0 Å². The van der Waals surface area contributed by atoms with Crippen LogP contribution in [0.1, 0.15) is 91.9 Å². The van der Waals surface area contributed by atoms with Crippen molar-refractivity contribution in [1.29, 1.82) is 0 Å². The highest BCUT2D eigenvalue weighted by Crippen LogP contribution is 2.71. The Hall–Kier alpha value is -0.410. The number of carbonyl (C=O) groups is 1. The molecule has 6 fully saturated rings. The average molecular weight is 415 g/mol. The van der Waals surface area contributed by atoms with Gasteiger partial charge in [0.1, 0.15) is 5.78 Å². The summed E-state index contributed by atoms with van der Waals surface area (Å²) in [4.78, 5) is 12.2. The summed E-state index contributed by atoms with van der Waals surface area (Å²) >= 11 is 0. The normalized spacial score (nSPS) is 60.1. The maximum absolute atomic E-state index is 12.2. The first-order chi connectivity index (χ1) is 14.3. The summed E-state index contributed by atoms with van der Waals surface area (Å²) in [5, 5.41) is 0. The van der Waals surface area contributed by atoms with E-state index in [2.05, 4.69) is 27.7 Å². The Labute approximate surface area is 183 Å². The third kappa shape index (κ3) is 2.54. The molecule has 0 unspecified atom stereocenters. The van der Waals surface area contributed by atoms with Gasteiger partial charge in [0.05, 0.1) is 12.7 Å². The fraction of sp³-hybridized carbons (Fsp3) is 0.963. The van der Waals surface area contributed by atoms with E-state index in [1.807, 2.05) is 0 Å². The molecule has 0 aromatic heterocycles. The zero-order chi connectivity index (χ0) is 20.9. The minimum atomic E-state index is -0.292. The van der Waals surface area contributed by atoms with Crippen molar-refractivity contribution in [2.24, 2.45) is 52.3 Å². The first-order valence-corrected chi connectivity index (χ1v) is 13.1. The Balaban J connectivity index is 1.26. The third-order valence-corrected chi connectivity index (χ3v) is 11.7. The van der Waals surface area contributed by atoms with Crippen LogP contribution < -0.4 is 0 Å². The summed E-state index contributed by atoms with van der Waals surface area (Å²) in [6, 6.07) is 0. The monoisotopic (exact) mass is 414 g/mol. The Kier molecular flexibility index (Phi) is 4.42. The first kappa shape index (κ1) is 20.2. The molecular weight excluding hydrogens is 372 g/mol. The second kappa shape index (κ2) is 6.56. The maximum Gasteiger partial charge on any atom is 0.171 e. The maximum atomic E-state index is 12.2. The Bertz CT molecular complexity index is 724. The van der Waals surface area contributed by atoms with Crippen LogP contribution in [-0.4, -0.2) is 24.3 Å². The van der Waals surface area contributed by atoms with Crippen molar-refractivity contribution < 1.29 is 14.3 Å². The van der Waals surface area contributed by atoms with Crippen molar-refractivity contribution in [2.75, 3.05) is 6.61 Å². The second-order valence-electron chi connectivity index (χ2n) is 12.9. The van der Waals surface area contributed by atoms with Gasteiger partial charge in [-0.25, -0.2) is 0 Å². The lowest BCUT2D eigenvalue weighted by Gasteiger charge is -2.60. The van der Waals surface area contributed by atoms with E-state index in [1.54, 1.807) is 0 Å². The lowest BCUT2D eigenvalue weighted by Crippen LogP contribution is -2.54. The second-order valence-corrected chi connectivity index (χ2v) is 12.9. The number of fused-ring (bicyclic) bond motifs is 7. The lowest BCUT2D eigenvalue weighted by atomic mass is 9.44. The molecule has 3 nitrogen and oxygen atoms in total. The molecule has 1 spiro atoms. The van der Waals surface area contributed by atoms with E-state index in [9.17, 15) is 4.79 Å². The van der Waals surface area contributed by atoms with Crippen LogP contribution in [0.15, 0.2) is 0 Å². The van der Waals surface area contributed by atoms with Crippen molar-refractivity contribution in [3.8, 4) is 0 Å². The van der Waals surface area contributed by atoms with E-state index in [-0.39, 0.29) is 5.79 Å². The minimum Gasteiger partial charge on any atom is -0.349 e. The molecule has 0 aromatic carbocycles. The van der Waals surface area contributed by atoms with Crippen LogP contribution in [0.2, 0.25) is 0 Å². The van der Waals surface area contributed by atoms with Crippen LogP contribution in [0, 0.1) is 52.3 Å². The quantitative estimate of drug-likeness (QED) is 0.487. The first-order valence-electron chi connectivity index (χ1n) is 13.1. The smallest absolute Gasteiger partial charge is 0.171 e. The van der Waals surface area contributed by atoms with Crippen molar-refractivity contribution in [3.05, 3.63) is 0 Å². The van der Waals surface area contributed by atoms with Crippen LogP contribution in [0.25, 0.3) is 0 Å². The molecule has 6 rings (SSSR count). The molecule has 4 aliphatic carbocycles. The molecule has 168 valence electrons. The summed E-state index contributed by atoms with van der Waals surface area (Å²) in [5.74, 6) is 5.23. The molecule has 3 heteroatoms. The van der Waals surface area contributed by atoms with Crippen LogP contribution in [0.5, 0.6) is 0 Å². The van der Waals surface area contributed by atoms with Crippen LogP contribution in [0.4, 0.5) is 0 Å². The number of ketones is 1. The van der Waals surface area contributed by atoms with Gasteiger partial charge in [0.15, 0.2) is 5.79 Å². The molecular formula is C27H42O3. The van der Waals surface area contributed by atoms with E-state index < -0.39 is 0 Å². The van der Waals surface area contributed by atoms with E-state index in [0.717, 1.165) is 50.0 Å². The van der Waals surface area contributed by atoms with Gasteiger partial charge in [0, 0.05) is 25.2 Å². The fourth-order valence-electron chi connectivity index (χ4n) is 10.1. The molecule has 2 aliphatic heterocycles. The number of hydrogen-bond acceptors (Lipinski definition) is 3. The van der Waals surface area contributed by atoms with Gasteiger partial charge in [-0.15, -0.1) is 0 Å². The number of hydrogen-bond donors (Lipinski definition) is 0. The van der Waals surface area contributed by atoms with Gasteiger partial charge < -0.3 is 9.47 Å². The SMILES string of the molecule is C[C@@H]1CC[C@@]2(OC1)O[C@H]1C[C@H]3[C@@H]4CC[C@H]5CC(=O)CC[C@]5(C)[C@H]4CC[C@]3(C)[C@H]1[C@H]2C. The fourth-order valence-corrected chi connectivity index (χ4v) is 10.1. The molecule has 2 saturated heterocycles. The Morgan fingerprint density at radius 1 is 0.933 bits per heavy atom. The standard InChI is InChI=1S/C27H42O3/c1-16-7-12-27(29-15-16)17(2)24-23(30-27)14-22-20-6-5-18-13-19(28)8-10-25(18,3)21(20)9-11-26(22,24)4/h16-18,20-24H,5-15H2,1-4H3/t16-,17-,18+,20-,21+,22+,23+,24+,25+,26+,27-/m1/s1. The molecule has 0 aromatic rings. The summed E-state index contributed by atoms with van der Waals surface area (Å²) in [6.07, 6.45) is 12.2. The van der Waals surface area contributed by atoms with Crippen LogP contribution in [0.3, 0.4) is 0 Å². The highest BCUT2D eigenvalue weighted by molar-refractivity contribution is 5.79. The summed E-state index contributed by atoms with van der Waals surface area (Å²) in [6.45, 7) is 10.8. The highest BCUT2D eigenvalue weighted by atomic mass is 16.7. The molecule has 0 N–H and O–H groups in total. The Morgan fingerprint density at radius 2 is 1.77 bits per heavy atom. The van der Waals surface area contributed by atoms with Crippen LogP contribution >= 0.6 is 0 Å². The van der Waals surface area contributed by atoms with E-state index >= 15 is 0 Å². The minimum absolute atomic E-state index is 0.292. The molecule has 0 bridgehead atoms. The van der Waals surface area contributed by atoms with Crippen molar-refractivity contribution >= 4 is 5.78 Å². The van der Waals surface area contributed by atoms with E-state index in [0.29, 0.717) is 46.4 Å². The van der Waals surface area contributed by atoms with Gasteiger partial charge in [-0.3, -0.25) is 4.79 Å². The average Bonchev–Trinajstić information content (AvgIpc) is 3.16. The number of ether oxygens (including phenoxy) is 2. The predicted octanol–water partition coefficient (Wildman–Crippen LogP) is 6.00. The molecule has 30 heavy (non-hydrogen) atoms. The van der Waals surface area contributed by atoms with Gasteiger partial charge in [0.25, 0.3) is 0 Å². The zero-order valence-electron chi connectivity index (χ0n) is 19.6. The van der Waals surface area contributed by atoms with Gasteiger partial charge >= 0.3 is 0 Å². The summed E-state index contributed by atoms with van der Waals surface area (Å²) in [7, 11) is 0. The Morgan fingerprint density at radius 3 is 2.53 bits per heavy atom. The molecule has 6 aliphatic rings. The van der Waals surface area contributed by atoms with Crippen molar-refractivity contribution in [1.82, 2.24) is 0 Å². The zero-order valence-corrected chi connectivity index (χ0v) is 19.6. The summed E-state index contributed by atoms with van der Waals surface area (Å²) < 4.78 is 13.4. The number of rotatable bonds is 0. The molecule has 4 saturated carbocycles. The summed E-state index contributed by atoms with van der Waals surface area (Å²) in [5.41, 5.74) is 0.820. The van der Waals surface area contributed by atoms with Gasteiger partial charge in [-0.1, -0.05) is 27.7 Å². The molecule has 0 radical (unpaired) electrons. The molecule has 11 atom stereocenters. The predicted molar refractivity (Wildman–Crippen MR) is 117 cm³/mol. The van der Waals surface area contributed by atoms with E-state index in [1.165, 1.54) is 38.5 Å². The van der Waals surface area contributed by atoms with Crippen molar-refractivity contribution in [2.45, 2.75) is 104 Å². The topological polar surface area (TPSA) is 35.5 Å². The van der Waals surface area contributed by atoms with Crippen LogP contribution in [-0.2, 0) is 14.3 Å². The largest absolute Gasteiger partial charge is 0.349 e. The van der Waals surface area contributed by atoms with Gasteiger partial charge in [0.2, 0.25) is 0 Å². The number of Topliss-reactive ketones (excluding diaryl/α,β-unsaturated/α-hetero) is 1. The molecule has 2 heterocycles. The molecule has 0 amide bonds. The van der Waals surface area contributed by atoms with E-state index in [4.69, 9.17) is 9.47 Å². The lowest BCUT2D eigenvalue weighted by molar-refractivity contribution is -0.273.